The number of rotatable bonds is 9. The van der Waals surface area contributed by atoms with Crippen LogP contribution < -0.4 is 10.1 Å². The lowest BCUT2D eigenvalue weighted by atomic mass is 9.87. The molecule has 2 aliphatic rings. The normalized spacial score (nSPS) is 22.8. The maximum absolute atomic E-state index is 14.0. The summed E-state index contributed by atoms with van der Waals surface area (Å²) >= 11 is 0. The van der Waals surface area contributed by atoms with Crippen molar-refractivity contribution in [2.24, 2.45) is 5.92 Å². The minimum atomic E-state index is -4.48. The lowest BCUT2D eigenvalue weighted by Gasteiger charge is -2.36. The van der Waals surface area contributed by atoms with Crippen LogP contribution in [0, 0.1) is 5.92 Å². The maximum Gasteiger partial charge on any atom is 0.417 e. The summed E-state index contributed by atoms with van der Waals surface area (Å²) in [5.41, 5.74) is 0.606. The Bertz CT molecular complexity index is 1020. The predicted octanol–water partition coefficient (Wildman–Crippen LogP) is 6.68. The molecule has 5 nitrogen and oxygen atoms in total. The second-order valence-electron chi connectivity index (χ2n) is 10.3. The summed E-state index contributed by atoms with van der Waals surface area (Å²) in [6.45, 7) is 2.32. The number of alkyl halides is 3. The highest BCUT2D eigenvalue weighted by Crippen LogP contribution is 2.41. The molecule has 4 rings (SSSR count). The van der Waals surface area contributed by atoms with Gasteiger partial charge in [0.25, 0.3) is 0 Å². The zero-order valence-electron chi connectivity index (χ0n) is 21.8. The zero-order valence-corrected chi connectivity index (χ0v) is 21.8. The van der Waals surface area contributed by atoms with Crippen molar-refractivity contribution in [1.29, 1.82) is 0 Å². The number of methoxy groups -OCH3 is 1. The average Bonchev–Trinajstić information content (AvgIpc) is 3.28. The van der Waals surface area contributed by atoms with Crippen LogP contribution in [-0.2, 0) is 17.5 Å². The molecule has 1 aromatic carbocycles. The molecule has 1 aliphatic carbocycles. The SMILES string of the molecule is CCCCC1CC(NCc2cc(C(F)(F)F)cnc2OC)C(c2ccccc2)N1C(=O)C1CCCCC1. The van der Waals surface area contributed by atoms with Crippen molar-refractivity contribution in [1.82, 2.24) is 15.2 Å². The van der Waals surface area contributed by atoms with E-state index in [1.54, 1.807) is 0 Å². The van der Waals surface area contributed by atoms with Gasteiger partial charge in [-0.3, -0.25) is 4.79 Å². The summed E-state index contributed by atoms with van der Waals surface area (Å²) in [6, 6.07) is 10.9. The van der Waals surface area contributed by atoms with E-state index in [9.17, 15) is 18.0 Å². The Balaban J connectivity index is 1.64. The van der Waals surface area contributed by atoms with Crippen LogP contribution in [0.5, 0.6) is 5.88 Å². The number of ether oxygens (including phenoxy) is 1. The molecule has 0 bridgehead atoms. The van der Waals surface area contributed by atoms with Crippen LogP contribution >= 0.6 is 0 Å². The molecular weight excluding hydrogens is 479 g/mol. The van der Waals surface area contributed by atoms with Crippen LogP contribution in [0.4, 0.5) is 13.2 Å². The van der Waals surface area contributed by atoms with Gasteiger partial charge in [0, 0.05) is 36.3 Å². The summed E-state index contributed by atoms with van der Waals surface area (Å²) in [4.78, 5) is 20.0. The van der Waals surface area contributed by atoms with Crippen LogP contribution in [0.1, 0.15) is 87.4 Å². The molecule has 0 spiro atoms. The van der Waals surface area contributed by atoms with Gasteiger partial charge in [0.05, 0.1) is 18.7 Å². The summed E-state index contributed by atoms with van der Waals surface area (Å²) in [5, 5.41) is 3.51. The smallest absolute Gasteiger partial charge is 0.417 e. The van der Waals surface area contributed by atoms with Crippen LogP contribution in [-0.4, -0.2) is 35.0 Å². The fourth-order valence-corrected chi connectivity index (χ4v) is 5.97. The largest absolute Gasteiger partial charge is 0.481 e. The number of halogens is 3. The van der Waals surface area contributed by atoms with Crippen LogP contribution in [0.25, 0.3) is 0 Å². The van der Waals surface area contributed by atoms with Crippen LogP contribution in [0.3, 0.4) is 0 Å². The third-order valence-electron chi connectivity index (χ3n) is 7.84. The van der Waals surface area contributed by atoms with Gasteiger partial charge in [-0.2, -0.15) is 13.2 Å². The van der Waals surface area contributed by atoms with Crippen molar-refractivity contribution in [3.63, 3.8) is 0 Å². The van der Waals surface area contributed by atoms with E-state index in [4.69, 9.17) is 4.74 Å². The number of unbranched alkanes of at least 4 members (excludes halogenated alkanes) is 1. The lowest BCUT2D eigenvalue weighted by Crippen LogP contribution is -2.44. The van der Waals surface area contributed by atoms with Gasteiger partial charge in [-0.1, -0.05) is 69.4 Å². The molecule has 1 aliphatic heterocycles. The molecular formula is C29H38F3N3O2. The molecule has 1 amide bonds. The standard InChI is InChI=1S/C29H38F3N3O2/c1-3-4-15-24-17-25(33-18-22-16-23(29(30,31)32)19-34-27(22)37-2)26(20-11-7-5-8-12-20)35(24)28(36)21-13-9-6-10-14-21/h5,7-8,11-12,16,19,21,24-26,33H,3-4,6,9-10,13-15,17-18H2,1-2H3. The second kappa shape index (κ2) is 12.3. The molecule has 2 aromatic rings. The molecule has 202 valence electrons. The van der Waals surface area contributed by atoms with Gasteiger partial charge in [0.2, 0.25) is 11.8 Å². The zero-order chi connectivity index (χ0) is 26.4. The minimum Gasteiger partial charge on any atom is -0.481 e. The molecule has 3 unspecified atom stereocenters. The number of nitrogens with zero attached hydrogens (tertiary/aromatic N) is 2. The van der Waals surface area contributed by atoms with Gasteiger partial charge in [-0.15, -0.1) is 0 Å². The monoisotopic (exact) mass is 517 g/mol. The molecule has 2 fully saturated rings. The first-order valence-electron chi connectivity index (χ1n) is 13.5. The number of hydrogen-bond acceptors (Lipinski definition) is 4. The van der Waals surface area contributed by atoms with E-state index in [0.717, 1.165) is 69.2 Å². The third kappa shape index (κ3) is 6.46. The number of nitrogens with one attached hydrogen (secondary N) is 1. The molecule has 3 atom stereocenters. The molecule has 0 radical (unpaired) electrons. The molecule has 1 aromatic heterocycles. The summed E-state index contributed by atoms with van der Waals surface area (Å²) in [5.74, 6) is 0.459. The van der Waals surface area contributed by atoms with Crippen molar-refractivity contribution in [2.45, 2.75) is 95.6 Å². The van der Waals surface area contributed by atoms with E-state index in [0.29, 0.717) is 5.56 Å². The fourth-order valence-electron chi connectivity index (χ4n) is 5.97. The number of likely N-dealkylation sites (tertiary alicyclic amines) is 1. The van der Waals surface area contributed by atoms with E-state index >= 15 is 0 Å². The van der Waals surface area contributed by atoms with E-state index in [1.165, 1.54) is 13.5 Å². The molecule has 1 saturated heterocycles. The van der Waals surface area contributed by atoms with E-state index < -0.39 is 11.7 Å². The number of benzene rings is 1. The summed E-state index contributed by atoms with van der Waals surface area (Å²) < 4.78 is 45.4. The molecule has 1 saturated carbocycles. The molecule has 8 heteroatoms. The number of hydrogen-bond donors (Lipinski definition) is 1. The Hall–Kier alpha value is -2.61. The van der Waals surface area contributed by atoms with Crippen molar-refractivity contribution in [2.75, 3.05) is 7.11 Å². The van der Waals surface area contributed by atoms with E-state index in [2.05, 4.69) is 34.3 Å². The first kappa shape index (κ1) is 27.4. The summed E-state index contributed by atoms with van der Waals surface area (Å²) in [7, 11) is 1.41. The Labute approximate surface area is 217 Å². The Morgan fingerprint density at radius 2 is 1.89 bits per heavy atom. The van der Waals surface area contributed by atoms with Crippen molar-refractivity contribution in [3.8, 4) is 5.88 Å². The highest BCUT2D eigenvalue weighted by atomic mass is 19.4. The van der Waals surface area contributed by atoms with Gasteiger partial charge in [0.15, 0.2) is 0 Å². The Morgan fingerprint density at radius 3 is 2.54 bits per heavy atom. The number of pyridine rings is 1. The van der Waals surface area contributed by atoms with Crippen LogP contribution in [0.15, 0.2) is 42.6 Å². The number of aromatic nitrogens is 1. The van der Waals surface area contributed by atoms with E-state index in [-0.39, 0.29) is 42.4 Å². The third-order valence-corrected chi connectivity index (χ3v) is 7.84. The average molecular weight is 518 g/mol. The Morgan fingerprint density at radius 1 is 1.16 bits per heavy atom. The van der Waals surface area contributed by atoms with Gasteiger partial charge in [-0.05, 0) is 37.3 Å². The molecule has 2 heterocycles. The van der Waals surface area contributed by atoms with Crippen LogP contribution in [0.2, 0.25) is 0 Å². The first-order valence-corrected chi connectivity index (χ1v) is 13.5. The molecule has 1 N–H and O–H groups in total. The summed E-state index contributed by atoms with van der Waals surface area (Å²) in [6.07, 6.45) is 5.29. The maximum atomic E-state index is 14.0. The van der Waals surface area contributed by atoms with E-state index in [1.807, 2.05) is 18.2 Å². The predicted molar refractivity (Wildman–Crippen MR) is 137 cm³/mol. The first-order chi connectivity index (χ1) is 17.8. The van der Waals surface area contributed by atoms with Crippen molar-refractivity contribution >= 4 is 5.91 Å². The topological polar surface area (TPSA) is 54.5 Å². The van der Waals surface area contributed by atoms with Crippen molar-refractivity contribution in [3.05, 3.63) is 59.3 Å². The van der Waals surface area contributed by atoms with Crippen molar-refractivity contribution < 1.29 is 22.7 Å². The lowest BCUT2D eigenvalue weighted by molar-refractivity contribution is -0.140. The number of amides is 1. The van der Waals surface area contributed by atoms with Gasteiger partial charge < -0.3 is 15.0 Å². The highest BCUT2D eigenvalue weighted by Gasteiger charge is 2.45. The molecule has 37 heavy (non-hydrogen) atoms. The quantitative estimate of drug-likeness (QED) is 0.403. The van der Waals surface area contributed by atoms with Gasteiger partial charge in [0.1, 0.15) is 0 Å². The minimum absolute atomic E-state index is 0.0515. The van der Waals surface area contributed by atoms with Gasteiger partial charge in [-0.25, -0.2) is 4.98 Å². The number of carbonyl (C=O) groups is 1. The van der Waals surface area contributed by atoms with Gasteiger partial charge >= 0.3 is 6.18 Å². The number of carbonyl (C=O) groups excluding carboxylic acids is 1. The second-order valence-corrected chi connectivity index (χ2v) is 10.3. The fraction of sp³-hybridized carbons (Fsp3) is 0.586. The Kier molecular flexibility index (Phi) is 9.11. The highest BCUT2D eigenvalue weighted by molar-refractivity contribution is 5.80.